The molecule has 2 aliphatic rings. The lowest BCUT2D eigenvalue weighted by molar-refractivity contribution is 0.178. The molecule has 2 nitrogen and oxygen atoms in total. The molecule has 0 aromatic carbocycles. The van der Waals surface area contributed by atoms with Crippen molar-refractivity contribution in [1.82, 2.24) is 0 Å². The van der Waals surface area contributed by atoms with Crippen LogP contribution in [-0.2, 0) is 9.47 Å². The first-order valence-electron chi connectivity index (χ1n) is 3.16. The van der Waals surface area contributed by atoms with Gasteiger partial charge in [-0.05, 0) is 6.42 Å². The van der Waals surface area contributed by atoms with Crippen LogP contribution in [0.5, 0.6) is 0 Å². The van der Waals surface area contributed by atoms with Crippen LogP contribution in [0.3, 0.4) is 0 Å². The largest absolute Gasteiger partial charge is 0.381 e. The van der Waals surface area contributed by atoms with Crippen LogP contribution in [0.15, 0.2) is 0 Å². The Morgan fingerprint density at radius 3 is 2.62 bits per heavy atom. The van der Waals surface area contributed by atoms with Gasteiger partial charge >= 0.3 is 0 Å². The minimum atomic E-state index is 0.567. The maximum atomic E-state index is 5.18. The molecule has 0 aromatic heterocycles. The maximum absolute atomic E-state index is 5.18. The third kappa shape index (κ3) is 0.740. The Morgan fingerprint density at radius 2 is 2.12 bits per heavy atom. The minimum Gasteiger partial charge on any atom is -0.381 e. The Morgan fingerprint density at radius 1 is 1.25 bits per heavy atom. The van der Waals surface area contributed by atoms with Crippen LogP contribution >= 0.6 is 0 Å². The topological polar surface area (TPSA) is 21.8 Å². The highest BCUT2D eigenvalue weighted by Crippen LogP contribution is 2.26. The smallest absolute Gasteiger partial charge is 0.0860 e. The Bertz CT molecular complexity index is 82.5. The van der Waals surface area contributed by atoms with Crippen molar-refractivity contribution in [2.45, 2.75) is 12.5 Å². The quantitative estimate of drug-likeness (QED) is 0.461. The second-order valence-electron chi connectivity index (χ2n) is 2.50. The maximum Gasteiger partial charge on any atom is 0.0860 e. The van der Waals surface area contributed by atoms with Gasteiger partial charge < -0.3 is 9.47 Å². The number of rotatable bonds is 1. The summed E-state index contributed by atoms with van der Waals surface area (Å²) in [6, 6.07) is 0. The van der Waals surface area contributed by atoms with Crippen molar-refractivity contribution in [3.63, 3.8) is 0 Å². The summed E-state index contributed by atoms with van der Waals surface area (Å²) >= 11 is 0. The van der Waals surface area contributed by atoms with Gasteiger partial charge in [-0.1, -0.05) is 0 Å². The first-order chi connectivity index (χ1) is 3.97. The fourth-order valence-corrected chi connectivity index (χ4v) is 1.17. The van der Waals surface area contributed by atoms with E-state index in [4.69, 9.17) is 9.47 Å². The molecule has 0 radical (unpaired) electrons. The van der Waals surface area contributed by atoms with E-state index in [-0.39, 0.29) is 0 Å². The molecule has 0 N–H and O–H groups in total. The van der Waals surface area contributed by atoms with Crippen molar-refractivity contribution < 1.29 is 9.47 Å². The monoisotopic (exact) mass is 114 g/mol. The van der Waals surface area contributed by atoms with Crippen molar-refractivity contribution in [2.75, 3.05) is 19.8 Å². The molecular formula is C6H10O2. The lowest BCUT2D eigenvalue weighted by Crippen LogP contribution is -2.06. The molecular weight excluding hydrogens is 104 g/mol. The zero-order valence-corrected chi connectivity index (χ0v) is 4.80. The van der Waals surface area contributed by atoms with E-state index in [1.54, 1.807) is 0 Å². The second kappa shape index (κ2) is 1.71. The predicted octanol–water partition coefficient (Wildman–Crippen LogP) is 0.422. The zero-order chi connectivity index (χ0) is 5.40. The molecule has 2 heterocycles. The Kier molecular flexibility index (Phi) is 1.02. The molecule has 8 heavy (non-hydrogen) atoms. The number of hydrogen-bond donors (Lipinski definition) is 0. The standard InChI is InChI=1S/C6H10O2/c1-2-7-3-5(1)6-4-8-6/h5-6H,1-4H2/t5-,6-/m1/s1. The summed E-state index contributed by atoms with van der Waals surface area (Å²) in [6.45, 7) is 2.86. The SMILES string of the molecule is C1C[C@@H]([C@H]2CO2)CO1. The third-order valence-corrected chi connectivity index (χ3v) is 1.85. The molecule has 2 rings (SSSR count). The Labute approximate surface area is 48.8 Å². The van der Waals surface area contributed by atoms with Crippen molar-refractivity contribution in [3.8, 4) is 0 Å². The van der Waals surface area contributed by atoms with Gasteiger partial charge in [0.2, 0.25) is 0 Å². The van der Waals surface area contributed by atoms with E-state index in [2.05, 4.69) is 0 Å². The van der Waals surface area contributed by atoms with Gasteiger partial charge in [0.05, 0.1) is 19.3 Å². The molecule has 2 fully saturated rings. The molecule has 2 aliphatic heterocycles. The average molecular weight is 114 g/mol. The van der Waals surface area contributed by atoms with Gasteiger partial charge in [-0.15, -0.1) is 0 Å². The Balaban J connectivity index is 1.86. The van der Waals surface area contributed by atoms with Crippen LogP contribution in [0.2, 0.25) is 0 Å². The fourth-order valence-electron chi connectivity index (χ4n) is 1.17. The van der Waals surface area contributed by atoms with Gasteiger partial charge in [0.1, 0.15) is 0 Å². The minimum absolute atomic E-state index is 0.567. The zero-order valence-electron chi connectivity index (χ0n) is 4.80. The number of epoxide rings is 1. The summed E-state index contributed by atoms with van der Waals surface area (Å²) in [5.41, 5.74) is 0. The van der Waals surface area contributed by atoms with E-state index in [0.717, 1.165) is 25.7 Å². The van der Waals surface area contributed by atoms with E-state index < -0.39 is 0 Å². The molecule has 0 aromatic rings. The van der Waals surface area contributed by atoms with Gasteiger partial charge in [0.15, 0.2) is 0 Å². The molecule has 0 bridgehead atoms. The van der Waals surface area contributed by atoms with E-state index in [1.165, 1.54) is 6.42 Å². The van der Waals surface area contributed by atoms with Gasteiger partial charge in [-0.3, -0.25) is 0 Å². The van der Waals surface area contributed by atoms with Crippen molar-refractivity contribution in [2.24, 2.45) is 5.92 Å². The summed E-state index contributed by atoms with van der Waals surface area (Å²) in [5, 5.41) is 0. The van der Waals surface area contributed by atoms with Gasteiger partial charge in [-0.2, -0.15) is 0 Å². The molecule has 46 valence electrons. The van der Waals surface area contributed by atoms with Crippen LogP contribution in [0.4, 0.5) is 0 Å². The summed E-state index contributed by atoms with van der Waals surface area (Å²) in [4.78, 5) is 0. The lowest BCUT2D eigenvalue weighted by Gasteiger charge is -1.97. The molecule has 2 atom stereocenters. The van der Waals surface area contributed by atoms with Crippen LogP contribution < -0.4 is 0 Å². The van der Waals surface area contributed by atoms with Crippen molar-refractivity contribution >= 4 is 0 Å². The van der Waals surface area contributed by atoms with Crippen LogP contribution in [0, 0.1) is 5.92 Å². The van der Waals surface area contributed by atoms with Gasteiger partial charge in [0, 0.05) is 12.5 Å². The highest BCUT2D eigenvalue weighted by molar-refractivity contribution is 4.81. The summed E-state index contributed by atoms with van der Waals surface area (Å²) in [5.74, 6) is 0.731. The van der Waals surface area contributed by atoms with Crippen LogP contribution in [0.1, 0.15) is 6.42 Å². The highest BCUT2D eigenvalue weighted by Gasteiger charge is 2.34. The highest BCUT2D eigenvalue weighted by atomic mass is 16.6. The van der Waals surface area contributed by atoms with E-state index in [9.17, 15) is 0 Å². The molecule has 0 amide bonds. The number of ether oxygens (including phenoxy) is 2. The van der Waals surface area contributed by atoms with Crippen LogP contribution in [0.25, 0.3) is 0 Å². The molecule has 0 unspecified atom stereocenters. The normalized spacial score (nSPS) is 45.0. The van der Waals surface area contributed by atoms with E-state index in [0.29, 0.717) is 6.10 Å². The van der Waals surface area contributed by atoms with Crippen molar-refractivity contribution in [3.05, 3.63) is 0 Å². The molecule has 2 heteroatoms. The molecule has 0 spiro atoms. The van der Waals surface area contributed by atoms with E-state index >= 15 is 0 Å². The number of hydrogen-bond acceptors (Lipinski definition) is 2. The third-order valence-electron chi connectivity index (χ3n) is 1.85. The van der Waals surface area contributed by atoms with E-state index in [1.807, 2.05) is 0 Å². The lowest BCUT2D eigenvalue weighted by atomic mass is 10.1. The predicted molar refractivity (Wildman–Crippen MR) is 28.7 cm³/mol. The molecule has 2 saturated heterocycles. The molecule has 0 aliphatic carbocycles. The summed E-state index contributed by atoms with van der Waals surface area (Å²) < 4.78 is 10.3. The molecule has 0 saturated carbocycles. The van der Waals surface area contributed by atoms with Gasteiger partial charge in [-0.25, -0.2) is 0 Å². The fraction of sp³-hybridized carbons (Fsp3) is 1.00. The second-order valence-corrected chi connectivity index (χ2v) is 2.50. The first-order valence-corrected chi connectivity index (χ1v) is 3.16. The van der Waals surface area contributed by atoms with Gasteiger partial charge in [0.25, 0.3) is 0 Å². The summed E-state index contributed by atoms with van der Waals surface area (Å²) in [7, 11) is 0. The summed E-state index contributed by atoms with van der Waals surface area (Å²) in [6.07, 6.45) is 1.78. The van der Waals surface area contributed by atoms with Crippen molar-refractivity contribution in [1.29, 1.82) is 0 Å². The average Bonchev–Trinajstić information content (AvgIpc) is 2.49. The Hall–Kier alpha value is -0.0800. The van der Waals surface area contributed by atoms with Crippen LogP contribution in [-0.4, -0.2) is 25.9 Å². The first kappa shape index (κ1) is 4.77.